The molecule has 0 spiro atoms. The maximum Gasteiger partial charge on any atom is 0.306 e. The molecule has 1 amide bonds. The second-order valence-electron chi connectivity index (χ2n) is 14.2. The van der Waals surface area contributed by atoms with Gasteiger partial charge in [0.2, 0.25) is 5.91 Å². The number of hydrogen-bond acceptors (Lipinski definition) is 5. The molecule has 6 nitrogen and oxygen atoms in total. The molecular formula is C49H79NO5. The molecule has 3 N–H and O–H groups in total. The summed E-state index contributed by atoms with van der Waals surface area (Å²) in [5.41, 5.74) is 0. The van der Waals surface area contributed by atoms with Gasteiger partial charge in [-0.3, -0.25) is 9.59 Å². The van der Waals surface area contributed by atoms with Gasteiger partial charge < -0.3 is 20.3 Å². The topological polar surface area (TPSA) is 95.9 Å². The maximum atomic E-state index is 13.1. The summed E-state index contributed by atoms with van der Waals surface area (Å²) in [6, 6.07) is -0.736. The lowest BCUT2D eigenvalue weighted by Gasteiger charge is -2.24. The first kappa shape index (κ1) is 51.5. The minimum atomic E-state index is -0.817. The Kier molecular flexibility index (Phi) is 39.0. The average molecular weight is 762 g/mol. The van der Waals surface area contributed by atoms with Crippen LogP contribution in [0.5, 0.6) is 0 Å². The highest BCUT2D eigenvalue weighted by Crippen LogP contribution is 2.15. The van der Waals surface area contributed by atoms with Gasteiger partial charge in [0.1, 0.15) is 6.10 Å². The average Bonchev–Trinajstić information content (AvgIpc) is 3.18. The number of hydrogen-bond donors (Lipinski definition) is 3. The minimum Gasteiger partial charge on any atom is -0.462 e. The van der Waals surface area contributed by atoms with Gasteiger partial charge in [0.05, 0.1) is 25.2 Å². The van der Waals surface area contributed by atoms with Crippen LogP contribution in [-0.2, 0) is 14.3 Å². The summed E-state index contributed by atoms with van der Waals surface area (Å²) in [7, 11) is 0. The highest BCUT2D eigenvalue weighted by atomic mass is 16.5. The summed E-state index contributed by atoms with van der Waals surface area (Å²) in [5, 5.41) is 23.5. The summed E-state index contributed by atoms with van der Waals surface area (Å²) < 4.78 is 5.83. The highest BCUT2D eigenvalue weighted by Gasteiger charge is 2.23. The standard InChI is InChI=1S/C49H79NO5/c1-4-7-10-13-16-19-22-23-24-25-27-30-33-36-39-42-49(54)55-45(40-37-34-31-28-26-20-17-14-11-8-5-2)43-48(53)50-46(44-51)47(52)41-38-35-32-29-21-18-15-12-9-6-3/h7-8,10-11,13-14,16-17,19-20,22-28,31,45-47,51-52H,4-6,9,12,15,18,21,29-30,32-44H2,1-3H3,(H,50,53)/b10-7+,11-8+,16-13+,17-14+,22-19-,24-23-,26-20-,27-25+,31-28-. The number of carbonyl (C=O) groups excluding carboxylic acids is 2. The normalized spacial score (nSPS) is 14.5. The van der Waals surface area contributed by atoms with Gasteiger partial charge in [-0.15, -0.1) is 0 Å². The molecule has 6 heteroatoms. The lowest BCUT2D eigenvalue weighted by Crippen LogP contribution is -2.46. The first-order valence-electron chi connectivity index (χ1n) is 21.7. The van der Waals surface area contributed by atoms with Crippen molar-refractivity contribution >= 4 is 11.9 Å². The van der Waals surface area contributed by atoms with Crippen LogP contribution in [0.3, 0.4) is 0 Å². The summed E-state index contributed by atoms with van der Waals surface area (Å²) in [5.74, 6) is -0.609. The predicted octanol–water partition coefficient (Wildman–Crippen LogP) is 12.4. The van der Waals surface area contributed by atoms with Gasteiger partial charge in [-0.2, -0.15) is 0 Å². The van der Waals surface area contributed by atoms with Crippen molar-refractivity contribution < 1.29 is 24.5 Å². The Morgan fingerprint density at radius 2 is 1.00 bits per heavy atom. The van der Waals surface area contributed by atoms with E-state index in [-0.39, 0.29) is 24.9 Å². The molecule has 0 bridgehead atoms. The van der Waals surface area contributed by atoms with E-state index in [1.807, 2.05) is 85.1 Å². The van der Waals surface area contributed by atoms with E-state index in [0.717, 1.165) is 70.6 Å². The summed E-state index contributed by atoms with van der Waals surface area (Å²) in [6.45, 7) is 6.11. The Balaban J connectivity index is 4.80. The zero-order valence-corrected chi connectivity index (χ0v) is 35.0. The Hall–Kier alpha value is -3.48. The SMILES string of the molecule is CC/C=C/C=C/C=C\C=C/C=C/CCCCCC(=O)OC(CCC\C=C/C=C\C=C\C=C\CC)CC(=O)NC(CO)C(O)CCCCCCCCCCCC. The lowest BCUT2D eigenvalue weighted by molar-refractivity contribution is -0.151. The van der Waals surface area contributed by atoms with Gasteiger partial charge in [-0.05, 0) is 57.8 Å². The molecule has 55 heavy (non-hydrogen) atoms. The third kappa shape index (κ3) is 37.2. The fourth-order valence-corrected chi connectivity index (χ4v) is 5.82. The quantitative estimate of drug-likeness (QED) is 0.0336. The van der Waals surface area contributed by atoms with Crippen molar-refractivity contribution in [1.29, 1.82) is 0 Å². The molecule has 0 rings (SSSR count). The van der Waals surface area contributed by atoms with Crippen LogP contribution in [0.15, 0.2) is 109 Å². The number of ether oxygens (including phenoxy) is 1. The number of rotatable bonds is 36. The molecule has 3 atom stereocenters. The van der Waals surface area contributed by atoms with Crippen LogP contribution in [0, 0.1) is 0 Å². The van der Waals surface area contributed by atoms with Crippen LogP contribution in [0.25, 0.3) is 0 Å². The van der Waals surface area contributed by atoms with E-state index in [9.17, 15) is 19.8 Å². The molecule has 0 fully saturated rings. The molecule has 0 aliphatic rings. The third-order valence-electron chi connectivity index (χ3n) is 9.07. The number of carbonyl (C=O) groups is 2. The number of allylic oxidation sites excluding steroid dienone is 18. The van der Waals surface area contributed by atoms with Crippen molar-refractivity contribution in [3.8, 4) is 0 Å². The van der Waals surface area contributed by atoms with E-state index in [1.54, 1.807) is 0 Å². The van der Waals surface area contributed by atoms with Gasteiger partial charge in [-0.25, -0.2) is 0 Å². The second kappa shape index (κ2) is 41.7. The molecule has 0 aromatic heterocycles. The van der Waals surface area contributed by atoms with E-state index in [4.69, 9.17) is 4.74 Å². The number of amides is 1. The second-order valence-corrected chi connectivity index (χ2v) is 14.2. The monoisotopic (exact) mass is 762 g/mol. The van der Waals surface area contributed by atoms with Gasteiger partial charge in [-0.1, -0.05) is 201 Å². The fraction of sp³-hybridized carbons (Fsp3) is 0.592. The maximum absolute atomic E-state index is 13.1. The van der Waals surface area contributed by atoms with E-state index in [1.165, 1.54) is 44.9 Å². The number of esters is 1. The van der Waals surface area contributed by atoms with Gasteiger partial charge >= 0.3 is 5.97 Å². The molecule has 0 aromatic rings. The summed E-state index contributed by atoms with van der Waals surface area (Å²) in [6.07, 6.45) is 55.8. The van der Waals surface area contributed by atoms with Crippen molar-refractivity contribution in [3.05, 3.63) is 109 Å². The third-order valence-corrected chi connectivity index (χ3v) is 9.07. The number of aliphatic hydroxyl groups is 2. The predicted molar refractivity (Wildman–Crippen MR) is 236 cm³/mol. The molecule has 310 valence electrons. The zero-order valence-electron chi connectivity index (χ0n) is 35.0. The molecule has 0 heterocycles. The van der Waals surface area contributed by atoms with E-state index < -0.39 is 18.2 Å². The number of aliphatic hydroxyl groups excluding tert-OH is 2. The zero-order chi connectivity index (χ0) is 40.3. The Morgan fingerprint density at radius 3 is 1.51 bits per heavy atom. The molecular weight excluding hydrogens is 683 g/mol. The van der Waals surface area contributed by atoms with E-state index >= 15 is 0 Å². The van der Waals surface area contributed by atoms with Crippen LogP contribution in [0.1, 0.15) is 162 Å². The highest BCUT2D eigenvalue weighted by molar-refractivity contribution is 5.77. The van der Waals surface area contributed by atoms with E-state index in [2.05, 4.69) is 50.4 Å². The number of unbranched alkanes of at least 4 members (excludes halogenated alkanes) is 13. The lowest BCUT2D eigenvalue weighted by atomic mass is 10.0. The van der Waals surface area contributed by atoms with Crippen molar-refractivity contribution in [2.75, 3.05) is 6.61 Å². The number of nitrogens with one attached hydrogen (secondary N) is 1. The molecule has 0 aliphatic heterocycles. The molecule has 0 aliphatic carbocycles. The van der Waals surface area contributed by atoms with Crippen molar-refractivity contribution in [1.82, 2.24) is 5.32 Å². The molecule has 3 unspecified atom stereocenters. The van der Waals surface area contributed by atoms with Crippen LogP contribution >= 0.6 is 0 Å². The first-order valence-corrected chi connectivity index (χ1v) is 21.7. The smallest absolute Gasteiger partial charge is 0.306 e. The summed E-state index contributed by atoms with van der Waals surface area (Å²) in [4.78, 5) is 25.9. The fourth-order valence-electron chi connectivity index (χ4n) is 5.82. The Morgan fingerprint density at radius 1 is 0.545 bits per heavy atom. The van der Waals surface area contributed by atoms with Crippen molar-refractivity contribution in [2.24, 2.45) is 0 Å². The first-order chi connectivity index (χ1) is 27.0. The van der Waals surface area contributed by atoms with Crippen LogP contribution in [0.4, 0.5) is 0 Å². The van der Waals surface area contributed by atoms with Gasteiger partial charge in [0.25, 0.3) is 0 Å². The van der Waals surface area contributed by atoms with Crippen LogP contribution in [-0.4, -0.2) is 46.9 Å². The van der Waals surface area contributed by atoms with Gasteiger partial charge in [0, 0.05) is 6.42 Å². The van der Waals surface area contributed by atoms with Crippen LogP contribution < -0.4 is 5.32 Å². The molecule has 0 aromatic carbocycles. The minimum absolute atomic E-state index is 0.00655. The van der Waals surface area contributed by atoms with E-state index in [0.29, 0.717) is 19.3 Å². The van der Waals surface area contributed by atoms with Crippen molar-refractivity contribution in [3.63, 3.8) is 0 Å². The molecule has 0 radical (unpaired) electrons. The van der Waals surface area contributed by atoms with Gasteiger partial charge in [0.15, 0.2) is 0 Å². The van der Waals surface area contributed by atoms with Crippen molar-refractivity contribution in [2.45, 2.75) is 180 Å². The summed E-state index contributed by atoms with van der Waals surface area (Å²) >= 11 is 0. The Labute approximate surface area is 337 Å². The largest absolute Gasteiger partial charge is 0.462 e. The molecule has 0 saturated carbocycles. The Bertz CT molecular complexity index is 1170. The molecule has 0 saturated heterocycles. The van der Waals surface area contributed by atoms with Crippen LogP contribution in [0.2, 0.25) is 0 Å².